The quantitative estimate of drug-likeness (QED) is 0.587. The van der Waals surface area contributed by atoms with Crippen molar-refractivity contribution < 1.29 is 19.4 Å². The fourth-order valence-electron chi connectivity index (χ4n) is 4.67. The highest BCUT2D eigenvalue weighted by atomic mass is 16.5. The zero-order valence-electron chi connectivity index (χ0n) is 20.4. The van der Waals surface area contributed by atoms with Crippen LogP contribution in [0, 0.1) is 0 Å². The molecule has 188 valence electrons. The van der Waals surface area contributed by atoms with Crippen LogP contribution < -0.4 is 15.6 Å². The van der Waals surface area contributed by atoms with Crippen molar-refractivity contribution in [3.8, 4) is 16.9 Å². The molecule has 1 saturated heterocycles. The molecule has 4 rings (SSSR count). The third kappa shape index (κ3) is 5.64. The number of carbonyl (C=O) groups excluding carboxylic acids is 1. The first-order chi connectivity index (χ1) is 16.8. The van der Waals surface area contributed by atoms with Crippen LogP contribution >= 0.6 is 0 Å². The van der Waals surface area contributed by atoms with Gasteiger partial charge in [-0.05, 0) is 56.9 Å². The Balaban J connectivity index is 1.47. The molecule has 1 atom stereocenters. The second-order valence-corrected chi connectivity index (χ2v) is 9.43. The summed E-state index contributed by atoms with van der Waals surface area (Å²) in [7, 11) is 5.12. The minimum absolute atomic E-state index is 0.138. The van der Waals surface area contributed by atoms with Gasteiger partial charge in [0.2, 0.25) is 0 Å². The molecule has 0 unspecified atom stereocenters. The maximum absolute atomic E-state index is 13.2. The van der Waals surface area contributed by atoms with E-state index in [9.17, 15) is 19.5 Å². The molecule has 2 N–H and O–H groups in total. The van der Waals surface area contributed by atoms with Crippen LogP contribution in [0.15, 0.2) is 35.3 Å². The molecule has 1 saturated carbocycles. The van der Waals surface area contributed by atoms with E-state index in [1.807, 2.05) is 4.90 Å². The molecule has 2 aromatic rings. The van der Waals surface area contributed by atoms with Crippen LogP contribution in [-0.4, -0.2) is 82.1 Å². The lowest BCUT2D eigenvalue weighted by Gasteiger charge is -2.38. The lowest BCUT2D eigenvalue weighted by atomic mass is 10.0. The van der Waals surface area contributed by atoms with Gasteiger partial charge in [-0.25, -0.2) is 14.3 Å². The van der Waals surface area contributed by atoms with Crippen molar-refractivity contribution in [3.63, 3.8) is 0 Å². The maximum Gasteiger partial charge on any atom is 0.326 e. The normalized spacial score (nSPS) is 17.6. The van der Waals surface area contributed by atoms with Crippen molar-refractivity contribution in [3.05, 3.63) is 46.4 Å². The molecule has 0 spiro atoms. The third-order valence-corrected chi connectivity index (χ3v) is 6.86. The topological polar surface area (TPSA) is 117 Å². The number of nitrogens with zero attached hydrogens (tertiary/aromatic N) is 4. The van der Waals surface area contributed by atoms with Gasteiger partial charge in [0.1, 0.15) is 6.04 Å². The Morgan fingerprint density at radius 2 is 1.77 bits per heavy atom. The standard InChI is InChI=1S/C25H33N5O5/c1-28-12-10-19(11-13-28)30(18-8-9-18)25(34)27-20(24(32)33)14-16-4-6-17(7-5-16)22-21(35-3)15-26-29(2)23(22)31/h4-7,15,18-20H,8-14H2,1-3H3,(H,27,34)(H,32,33)/t20-/m0/s1. The number of carboxylic acid groups (broad SMARTS) is 1. The van der Waals surface area contributed by atoms with Gasteiger partial charge in [0, 0.05) is 25.6 Å². The Kier molecular flexibility index (Phi) is 7.39. The van der Waals surface area contributed by atoms with Crippen molar-refractivity contribution in [2.75, 3.05) is 27.2 Å². The van der Waals surface area contributed by atoms with Crippen molar-refractivity contribution in [2.24, 2.45) is 7.05 Å². The number of carboxylic acids is 1. The van der Waals surface area contributed by atoms with E-state index >= 15 is 0 Å². The molecule has 2 amide bonds. The number of carbonyl (C=O) groups is 2. The van der Waals surface area contributed by atoms with Crippen molar-refractivity contribution in [2.45, 2.75) is 50.2 Å². The number of piperidine rings is 1. The van der Waals surface area contributed by atoms with Gasteiger partial charge in [-0.2, -0.15) is 5.10 Å². The zero-order chi connectivity index (χ0) is 25.1. The lowest BCUT2D eigenvalue weighted by Crippen LogP contribution is -2.55. The Morgan fingerprint density at radius 1 is 1.14 bits per heavy atom. The van der Waals surface area contributed by atoms with E-state index in [1.165, 1.54) is 18.0 Å². The summed E-state index contributed by atoms with van der Waals surface area (Å²) < 4.78 is 6.53. The molecule has 1 aliphatic heterocycles. The molecular weight excluding hydrogens is 450 g/mol. The number of benzene rings is 1. The van der Waals surface area contributed by atoms with Crippen LogP contribution in [0.2, 0.25) is 0 Å². The molecule has 2 fully saturated rings. The van der Waals surface area contributed by atoms with Gasteiger partial charge < -0.3 is 25.0 Å². The number of aromatic nitrogens is 2. The zero-order valence-corrected chi connectivity index (χ0v) is 20.4. The number of urea groups is 1. The number of likely N-dealkylation sites (tertiary alicyclic amines) is 1. The summed E-state index contributed by atoms with van der Waals surface area (Å²) in [6, 6.07) is 6.05. The molecule has 35 heavy (non-hydrogen) atoms. The molecule has 2 heterocycles. The Bertz CT molecular complexity index is 1120. The first kappa shape index (κ1) is 24.7. The van der Waals surface area contributed by atoms with Gasteiger partial charge in [-0.15, -0.1) is 0 Å². The maximum atomic E-state index is 13.2. The van der Waals surface area contributed by atoms with Gasteiger partial charge >= 0.3 is 12.0 Å². The van der Waals surface area contributed by atoms with Crippen LogP contribution in [0.4, 0.5) is 4.79 Å². The minimum Gasteiger partial charge on any atom is -0.494 e. The molecule has 10 nitrogen and oxygen atoms in total. The van der Waals surface area contributed by atoms with E-state index in [-0.39, 0.29) is 30.1 Å². The smallest absolute Gasteiger partial charge is 0.326 e. The molecule has 10 heteroatoms. The summed E-state index contributed by atoms with van der Waals surface area (Å²) in [4.78, 5) is 41.9. The largest absolute Gasteiger partial charge is 0.494 e. The molecule has 0 radical (unpaired) electrons. The predicted molar refractivity (Wildman–Crippen MR) is 131 cm³/mol. The van der Waals surface area contributed by atoms with Crippen LogP contribution in [0.5, 0.6) is 5.75 Å². The van der Waals surface area contributed by atoms with Crippen molar-refractivity contribution >= 4 is 12.0 Å². The van der Waals surface area contributed by atoms with Gasteiger partial charge in [0.15, 0.2) is 5.75 Å². The first-order valence-corrected chi connectivity index (χ1v) is 12.0. The highest BCUT2D eigenvalue weighted by Crippen LogP contribution is 2.32. The number of ether oxygens (including phenoxy) is 1. The van der Waals surface area contributed by atoms with Gasteiger partial charge in [-0.3, -0.25) is 4.79 Å². The summed E-state index contributed by atoms with van der Waals surface area (Å²) in [5, 5.41) is 16.6. The first-order valence-electron chi connectivity index (χ1n) is 12.0. The Hall–Kier alpha value is -3.40. The van der Waals surface area contributed by atoms with Gasteiger partial charge in [0.25, 0.3) is 5.56 Å². The monoisotopic (exact) mass is 483 g/mol. The molecule has 1 aliphatic carbocycles. The molecular formula is C25H33N5O5. The summed E-state index contributed by atoms with van der Waals surface area (Å²) in [5.41, 5.74) is 1.48. The summed E-state index contributed by atoms with van der Waals surface area (Å²) in [6.45, 7) is 1.86. The fraction of sp³-hybridized carbons (Fsp3) is 0.520. The average Bonchev–Trinajstić information content (AvgIpc) is 3.67. The number of rotatable bonds is 8. The van der Waals surface area contributed by atoms with Crippen molar-refractivity contribution in [1.82, 2.24) is 24.9 Å². The molecule has 1 aromatic carbocycles. The predicted octanol–water partition coefficient (Wildman–Crippen LogP) is 1.72. The number of methoxy groups -OCH3 is 1. The van der Waals surface area contributed by atoms with Gasteiger partial charge in [0.05, 0.1) is 18.9 Å². The Labute approximate surface area is 204 Å². The van der Waals surface area contributed by atoms with E-state index < -0.39 is 12.0 Å². The number of aryl methyl sites for hydroxylation is 1. The number of amides is 2. The van der Waals surface area contributed by atoms with Crippen molar-refractivity contribution in [1.29, 1.82) is 0 Å². The highest BCUT2D eigenvalue weighted by Gasteiger charge is 2.39. The van der Waals surface area contributed by atoms with Crippen LogP contribution in [0.25, 0.3) is 11.1 Å². The third-order valence-electron chi connectivity index (χ3n) is 6.86. The lowest BCUT2D eigenvalue weighted by molar-refractivity contribution is -0.139. The number of hydrogen-bond donors (Lipinski definition) is 2. The summed E-state index contributed by atoms with van der Waals surface area (Å²) >= 11 is 0. The second-order valence-electron chi connectivity index (χ2n) is 9.43. The van der Waals surface area contributed by atoms with E-state index in [0.717, 1.165) is 44.3 Å². The van der Waals surface area contributed by atoms with Crippen LogP contribution in [0.3, 0.4) is 0 Å². The number of aliphatic carboxylic acids is 1. The van der Waals surface area contributed by atoms with E-state index in [2.05, 4.69) is 22.4 Å². The molecule has 0 bridgehead atoms. The second kappa shape index (κ2) is 10.5. The average molecular weight is 484 g/mol. The minimum atomic E-state index is -1.08. The fourth-order valence-corrected chi connectivity index (χ4v) is 4.67. The Morgan fingerprint density at radius 3 is 2.34 bits per heavy atom. The van der Waals surface area contributed by atoms with E-state index in [0.29, 0.717) is 16.9 Å². The molecule has 1 aromatic heterocycles. The summed E-state index contributed by atoms with van der Waals surface area (Å²) in [5.74, 6) is -0.711. The molecule has 2 aliphatic rings. The summed E-state index contributed by atoms with van der Waals surface area (Å²) in [6.07, 6.45) is 5.36. The number of hydrogen-bond acceptors (Lipinski definition) is 6. The SMILES string of the molecule is COc1cnn(C)c(=O)c1-c1ccc(C[C@H](NC(=O)N(C2CC2)C2CCN(C)CC2)C(=O)O)cc1. The van der Waals surface area contributed by atoms with Crippen LogP contribution in [-0.2, 0) is 18.3 Å². The highest BCUT2D eigenvalue weighted by molar-refractivity contribution is 5.83. The van der Waals surface area contributed by atoms with Gasteiger partial charge in [-0.1, -0.05) is 24.3 Å². The number of nitrogens with one attached hydrogen (secondary N) is 1. The van der Waals surface area contributed by atoms with E-state index in [4.69, 9.17) is 4.74 Å². The van der Waals surface area contributed by atoms with Crippen LogP contribution in [0.1, 0.15) is 31.2 Å². The van der Waals surface area contributed by atoms with E-state index in [1.54, 1.807) is 31.3 Å².